The van der Waals surface area contributed by atoms with Crippen LogP contribution in [0.25, 0.3) is 0 Å². The van der Waals surface area contributed by atoms with Gasteiger partial charge in [0.05, 0.1) is 23.4 Å². The second-order valence-electron chi connectivity index (χ2n) is 6.57. The SMILES string of the molecule is CC(C)Oc1ccc(C#N)cc1NC1CCN(C(=O)N(C)C)CC1. The van der Waals surface area contributed by atoms with E-state index in [9.17, 15) is 4.79 Å². The Hall–Kier alpha value is -2.42. The largest absolute Gasteiger partial charge is 0.489 e. The number of hydrogen-bond acceptors (Lipinski definition) is 4. The molecule has 1 aliphatic rings. The minimum absolute atomic E-state index is 0.0590. The Bertz CT molecular complexity index is 614. The minimum Gasteiger partial charge on any atom is -0.489 e. The first-order valence-corrected chi connectivity index (χ1v) is 8.34. The van der Waals surface area contributed by atoms with Crippen molar-refractivity contribution in [1.82, 2.24) is 9.80 Å². The van der Waals surface area contributed by atoms with Crippen LogP contribution >= 0.6 is 0 Å². The molecule has 2 amide bonds. The number of carbonyl (C=O) groups is 1. The number of ether oxygens (including phenoxy) is 1. The van der Waals surface area contributed by atoms with Crippen molar-refractivity contribution in [1.29, 1.82) is 5.26 Å². The van der Waals surface area contributed by atoms with Crippen molar-refractivity contribution in [2.24, 2.45) is 0 Å². The monoisotopic (exact) mass is 330 g/mol. The Morgan fingerprint density at radius 3 is 2.58 bits per heavy atom. The Morgan fingerprint density at radius 2 is 2.04 bits per heavy atom. The van der Waals surface area contributed by atoms with Crippen LogP contribution in [0.3, 0.4) is 0 Å². The number of hydrogen-bond donors (Lipinski definition) is 1. The number of nitrogens with one attached hydrogen (secondary N) is 1. The summed E-state index contributed by atoms with van der Waals surface area (Å²) in [5.74, 6) is 0.760. The molecule has 0 spiro atoms. The van der Waals surface area contributed by atoms with Crippen LogP contribution in [0.4, 0.5) is 10.5 Å². The summed E-state index contributed by atoms with van der Waals surface area (Å²) in [7, 11) is 3.55. The summed E-state index contributed by atoms with van der Waals surface area (Å²) in [6.07, 6.45) is 1.81. The van der Waals surface area contributed by atoms with Gasteiger partial charge < -0.3 is 19.9 Å². The molecule has 0 radical (unpaired) electrons. The van der Waals surface area contributed by atoms with E-state index in [4.69, 9.17) is 10.00 Å². The highest BCUT2D eigenvalue weighted by molar-refractivity contribution is 5.74. The number of nitrogens with zero attached hydrogens (tertiary/aromatic N) is 3. The van der Waals surface area contributed by atoms with E-state index in [1.165, 1.54) is 0 Å². The van der Waals surface area contributed by atoms with Crippen LogP contribution in [0, 0.1) is 11.3 Å². The smallest absolute Gasteiger partial charge is 0.319 e. The van der Waals surface area contributed by atoms with Crippen molar-refractivity contribution in [3.05, 3.63) is 23.8 Å². The molecule has 1 heterocycles. The number of carbonyl (C=O) groups excluding carboxylic acids is 1. The standard InChI is InChI=1S/C18H26N4O2/c1-13(2)24-17-6-5-14(12-19)11-16(17)20-15-7-9-22(10-8-15)18(23)21(3)4/h5-6,11,13,15,20H,7-10H2,1-4H3. The van der Waals surface area contributed by atoms with Crippen LogP contribution in [0.1, 0.15) is 32.3 Å². The van der Waals surface area contributed by atoms with Crippen LogP contribution in [0.15, 0.2) is 18.2 Å². The molecule has 1 fully saturated rings. The predicted molar refractivity (Wildman–Crippen MR) is 94.2 cm³/mol. The third kappa shape index (κ3) is 4.54. The van der Waals surface area contributed by atoms with Crippen molar-refractivity contribution in [2.75, 3.05) is 32.5 Å². The van der Waals surface area contributed by atoms with Crippen LogP contribution in [0.5, 0.6) is 5.75 Å². The summed E-state index contributed by atoms with van der Waals surface area (Å²) in [4.78, 5) is 15.5. The normalized spacial score (nSPS) is 15.1. The van der Waals surface area contributed by atoms with Gasteiger partial charge in [0.1, 0.15) is 5.75 Å². The molecule has 1 saturated heterocycles. The number of likely N-dealkylation sites (tertiary alicyclic amines) is 1. The Labute approximate surface area is 144 Å². The van der Waals surface area contributed by atoms with E-state index in [1.54, 1.807) is 25.1 Å². The van der Waals surface area contributed by atoms with Gasteiger partial charge in [-0.25, -0.2) is 4.79 Å². The molecule has 0 bridgehead atoms. The van der Waals surface area contributed by atoms with Crippen molar-refractivity contribution in [3.8, 4) is 11.8 Å². The summed E-state index contributed by atoms with van der Waals surface area (Å²) in [6.45, 7) is 5.42. The number of anilines is 1. The molecular weight excluding hydrogens is 304 g/mol. The third-order valence-electron chi connectivity index (χ3n) is 3.98. The highest BCUT2D eigenvalue weighted by Crippen LogP contribution is 2.29. The molecule has 0 atom stereocenters. The van der Waals surface area contributed by atoms with Gasteiger partial charge in [-0.05, 0) is 44.9 Å². The lowest BCUT2D eigenvalue weighted by Crippen LogP contribution is -2.46. The van der Waals surface area contributed by atoms with Crippen LogP contribution in [-0.4, -0.2) is 55.2 Å². The van der Waals surface area contributed by atoms with E-state index >= 15 is 0 Å². The molecule has 0 aromatic heterocycles. The molecule has 6 heteroatoms. The lowest BCUT2D eigenvalue weighted by atomic mass is 10.0. The number of benzene rings is 1. The molecule has 0 aliphatic carbocycles. The molecule has 1 aliphatic heterocycles. The van der Waals surface area contributed by atoms with Gasteiger partial charge in [0.2, 0.25) is 0 Å². The minimum atomic E-state index is 0.0590. The molecule has 1 N–H and O–H groups in total. The van der Waals surface area contributed by atoms with E-state index in [2.05, 4.69) is 11.4 Å². The van der Waals surface area contributed by atoms with E-state index in [0.29, 0.717) is 5.56 Å². The van der Waals surface area contributed by atoms with Gasteiger partial charge >= 0.3 is 6.03 Å². The molecule has 0 saturated carbocycles. The number of piperidine rings is 1. The van der Waals surface area contributed by atoms with Crippen molar-refractivity contribution in [2.45, 2.75) is 38.8 Å². The maximum absolute atomic E-state index is 12.0. The molecule has 24 heavy (non-hydrogen) atoms. The maximum atomic E-state index is 12.0. The van der Waals surface area contributed by atoms with Gasteiger partial charge in [-0.2, -0.15) is 5.26 Å². The maximum Gasteiger partial charge on any atom is 0.319 e. The first-order valence-electron chi connectivity index (χ1n) is 8.34. The summed E-state index contributed by atoms with van der Waals surface area (Å²) >= 11 is 0. The molecule has 0 unspecified atom stereocenters. The quantitative estimate of drug-likeness (QED) is 0.921. The number of nitriles is 1. The fourth-order valence-corrected chi connectivity index (χ4v) is 2.79. The van der Waals surface area contributed by atoms with Gasteiger partial charge in [-0.3, -0.25) is 0 Å². The Kier molecular flexibility index (Phi) is 5.91. The number of rotatable bonds is 4. The van der Waals surface area contributed by atoms with E-state index in [-0.39, 0.29) is 18.2 Å². The van der Waals surface area contributed by atoms with E-state index in [1.807, 2.05) is 30.9 Å². The zero-order valence-electron chi connectivity index (χ0n) is 14.9. The van der Waals surface area contributed by atoms with Crippen molar-refractivity contribution >= 4 is 11.7 Å². The second kappa shape index (κ2) is 7.91. The summed E-state index contributed by atoms with van der Waals surface area (Å²) < 4.78 is 5.83. The summed E-state index contributed by atoms with van der Waals surface area (Å²) in [5, 5.41) is 12.6. The Morgan fingerprint density at radius 1 is 1.38 bits per heavy atom. The first kappa shape index (κ1) is 17.9. The van der Waals surface area contributed by atoms with E-state index in [0.717, 1.165) is 37.4 Å². The van der Waals surface area contributed by atoms with Crippen LogP contribution in [0.2, 0.25) is 0 Å². The van der Waals surface area contributed by atoms with Crippen molar-refractivity contribution in [3.63, 3.8) is 0 Å². The van der Waals surface area contributed by atoms with Crippen molar-refractivity contribution < 1.29 is 9.53 Å². The second-order valence-corrected chi connectivity index (χ2v) is 6.57. The topological polar surface area (TPSA) is 68.6 Å². The lowest BCUT2D eigenvalue weighted by molar-refractivity contribution is 0.158. The van der Waals surface area contributed by atoms with Gasteiger partial charge in [-0.1, -0.05) is 0 Å². The average molecular weight is 330 g/mol. The van der Waals surface area contributed by atoms with Crippen LogP contribution < -0.4 is 10.1 Å². The Balaban J connectivity index is 2.03. The number of urea groups is 1. The molecule has 2 rings (SSSR count). The summed E-state index contributed by atoms with van der Waals surface area (Å²) in [5.41, 5.74) is 1.45. The highest BCUT2D eigenvalue weighted by atomic mass is 16.5. The predicted octanol–water partition coefficient (Wildman–Crippen LogP) is 2.90. The zero-order chi connectivity index (χ0) is 17.7. The highest BCUT2D eigenvalue weighted by Gasteiger charge is 2.24. The molecule has 6 nitrogen and oxygen atoms in total. The summed E-state index contributed by atoms with van der Waals surface area (Å²) in [6, 6.07) is 7.92. The van der Waals surface area contributed by atoms with Gasteiger partial charge in [0, 0.05) is 33.2 Å². The fourth-order valence-electron chi connectivity index (χ4n) is 2.79. The molecule has 130 valence electrons. The van der Waals surface area contributed by atoms with Gasteiger partial charge in [0.25, 0.3) is 0 Å². The molecular formula is C18H26N4O2. The fraction of sp³-hybridized carbons (Fsp3) is 0.556. The average Bonchev–Trinajstić information content (AvgIpc) is 2.56. The zero-order valence-corrected chi connectivity index (χ0v) is 14.9. The van der Waals surface area contributed by atoms with Crippen LogP contribution in [-0.2, 0) is 0 Å². The number of amides is 2. The van der Waals surface area contributed by atoms with Gasteiger partial charge in [0.15, 0.2) is 0 Å². The molecule has 1 aromatic carbocycles. The third-order valence-corrected chi connectivity index (χ3v) is 3.98. The van der Waals surface area contributed by atoms with Gasteiger partial charge in [-0.15, -0.1) is 0 Å². The lowest BCUT2D eigenvalue weighted by Gasteiger charge is -2.34. The first-order chi connectivity index (χ1) is 11.4. The molecule has 1 aromatic rings. The van der Waals surface area contributed by atoms with E-state index < -0.39 is 0 Å².